The maximum absolute atomic E-state index is 12.6. The molecule has 148 valence electrons. The number of benzene rings is 1. The summed E-state index contributed by atoms with van der Waals surface area (Å²) in [5, 5.41) is 1.43. The van der Waals surface area contributed by atoms with E-state index in [1.807, 2.05) is 0 Å². The lowest BCUT2D eigenvalue weighted by molar-refractivity contribution is -0.110. The summed E-state index contributed by atoms with van der Waals surface area (Å²) in [6.45, 7) is 6.64. The summed E-state index contributed by atoms with van der Waals surface area (Å²) in [4.78, 5) is 24.3. The van der Waals surface area contributed by atoms with Crippen LogP contribution in [-0.2, 0) is 19.4 Å². The number of carbonyl (C=O) groups excluding carboxylic acids is 2. The van der Waals surface area contributed by atoms with Gasteiger partial charge in [0.05, 0.1) is 0 Å². The van der Waals surface area contributed by atoms with Crippen molar-refractivity contribution in [2.45, 2.75) is 50.0 Å². The molecule has 2 aliphatic rings. The van der Waals surface area contributed by atoms with Crippen LogP contribution in [0.4, 0.5) is 4.79 Å². The smallest absolute Gasteiger partial charge is 0.408 e. The van der Waals surface area contributed by atoms with Gasteiger partial charge < -0.3 is 24.3 Å². The van der Waals surface area contributed by atoms with Crippen LogP contribution >= 0.6 is 0 Å². The normalized spacial score (nSPS) is 26.4. The van der Waals surface area contributed by atoms with E-state index >= 15 is 0 Å². The number of alkyl carbamates (subject to hydrolysis) is 1. The summed E-state index contributed by atoms with van der Waals surface area (Å²) in [6, 6.07) is 4.99. The van der Waals surface area contributed by atoms with E-state index in [0.29, 0.717) is 23.3 Å². The number of amides is 1. The minimum absolute atomic E-state index is 0.0785. The van der Waals surface area contributed by atoms with E-state index in [1.54, 1.807) is 39.0 Å². The average Bonchev–Trinajstić information content (AvgIpc) is 3.00. The molecule has 3 unspecified atom stereocenters. The Morgan fingerprint density at radius 2 is 2.00 bits per heavy atom. The van der Waals surface area contributed by atoms with Crippen LogP contribution in [0.15, 0.2) is 18.2 Å². The molecular weight excluding hydrogens is 374 g/mol. The van der Waals surface area contributed by atoms with Gasteiger partial charge in [-0.2, -0.15) is 0 Å². The summed E-state index contributed by atoms with van der Waals surface area (Å²) in [5.74, 6) is 0.141. The van der Waals surface area contributed by atoms with Crippen molar-refractivity contribution >= 4 is 22.2 Å². The first-order valence-corrected chi connectivity index (χ1v) is 10.3. The second-order valence-corrected chi connectivity index (χ2v) is 10.1. The third-order valence-electron chi connectivity index (χ3n) is 4.64. The number of fused-ring (bicyclic) bond motifs is 1. The molecule has 1 aromatic rings. The molecule has 1 saturated carbocycles. The Labute approximate surface area is 158 Å². The summed E-state index contributed by atoms with van der Waals surface area (Å²) >= 11 is 0. The zero-order valence-electron chi connectivity index (χ0n) is 15.6. The van der Waals surface area contributed by atoms with Crippen molar-refractivity contribution in [3.63, 3.8) is 0 Å². The molecule has 3 rings (SSSR count). The Hall–Kier alpha value is -2.29. The molecule has 3 atom stereocenters. The second-order valence-electron chi connectivity index (χ2n) is 7.64. The highest BCUT2D eigenvalue weighted by Gasteiger charge is 2.72. The number of ether oxygens (including phenoxy) is 3. The Bertz CT molecular complexity index is 874. The fraction of sp³-hybridized carbons (Fsp3) is 0.556. The molecule has 0 radical (unpaired) electrons. The first kappa shape index (κ1) is 19.5. The summed E-state index contributed by atoms with van der Waals surface area (Å²) < 4.78 is 41.1. The van der Waals surface area contributed by atoms with Crippen molar-refractivity contribution in [1.29, 1.82) is 0 Å². The molecule has 1 aromatic carbocycles. The van der Waals surface area contributed by atoms with Gasteiger partial charge in [-0.05, 0) is 38.5 Å². The van der Waals surface area contributed by atoms with Crippen LogP contribution in [0, 0.1) is 0 Å². The standard InChI is InChI=1S/C18H23NO7S/c1-5-27(22,23)15-14(11-6-7-12-13(8-11)25-10-24-12)18(15,9-20)19-16(21)26-17(2,3)4/h6-9,14-15H,5,10H2,1-4H3,(H,19,21). The predicted molar refractivity (Wildman–Crippen MR) is 96.7 cm³/mol. The lowest BCUT2D eigenvalue weighted by Crippen LogP contribution is -2.45. The molecule has 1 amide bonds. The zero-order chi connectivity index (χ0) is 20.0. The van der Waals surface area contributed by atoms with E-state index in [1.165, 1.54) is 6.92 Å². The second kappa shape index (κ2) is 6.40. The maximum atomic E-state index is 12.6. The predicted octanol–water partition coefficient (Wildman–Crippen LogP) is 1.78. The quantitative estimate of drug-likeness (QED) is 0.755. The SMILES string of the molecule is CCS(=O)(=O)C1C(c2ccc3c(c2)OCO3)C1(C=O)NC(=O)OC(C)(C)C. The van der Waals surface area contributed by atoms with Gasteiger partial charge in [0.15, 0.2) is 21.3 Å². The van der Waals surface area contributed by atoms with Gasteiger partial charge in [-0.1, -0.05) is 13.0 Å². The molecule has 0 aromatic heterocycles. The maximum Gasteiger partial charge on any atom is 0.408 e. The third-order valence-corrected chi connectivity index (χ3v) is 6.88. The molecule has 0 bridgehead atoms. The number of rotatable bonds is 5. The Balaban J connectivity index is 1.97. The monoisotopic (exact) mass is 397 g/mol. The van der Waals surface area contributed by atoms with E-state index in [4.69, 9.17) is 14.2 Å². The summed E-state index contributed by atoms with van der Waals surface area (Å²) in [7, 11) is -3.62. The molecule has 0 spiro atoms. The highest BCUT2D eigenvalue weighted by molar-refractivity contribution is 7.92. The summed E-state index contributed by atoms with van der Waals surface area (Å²) in [6.07, 6.45) is -0.349. The topological polar surface area (TPSA) is 108 Å². The molecular formula is C18H23NO7S. The van der Waals surface area contributed by atoms with Crippen molar-refractivity contribution < 1.29 is 32.2 Å². The van der Waals surface area contributed by atoms with Crippen LogP contribution in [0.25, 0.3) is 0 Å². The number of aldehydes is 1. The molecule has 1 heterocycles. The Kier molecular flexibility index (Phi) is 4.62. The van der Waals surface area contributed by atoms with Crippen LogP contribution < -0.4 is 14.8 Å². The van der Waals surface area contributed by atoms with Crippen molar-refractivity contribution in [3.05, 3.63) is 23.8 Å². The van der Waals surface area contributed by atoms with Gasteiger partial charge in [-0.25, -0.2) is 13.2 Å². The highest BCUT2D eigenvalue weighted by Crippen LogP contribution is 2.56. The Morgan fingerprint density at radius 1 is 1.33 bits per heavy atom. The fourth-order valence-electron chi connectivity index (χ4n) is 3.41. The van der Waals surface area contributed by atoms with E-state index < -0.39 is 38.2 Å². The number of nitrogens with one attached hydrogen (secondary N) is 1. The van der Waals surface area contributed by atoms with Crippen molar-refractivity contribution in [2.75, 3.05) is 12.5 Å². The Morgan fingerprint density at radius 3 is 2.59 bits per heavy atom. The molecule has 1 fully saturated rings. The number of sulfone groups is 1. The van der Waals surface area contributed by atoms with Gasteiger partial charge >= 0.3 is 6.09 Å². The third kappa shape index (κ3) is 3.47. The van der Waals surface area contributed by atoms with Gasteiger partial charge in [0.25, 0.3) is 0 Å². The van der Waals surface area contributed by atoms with Gasteiger partial charge in [-0.15, -0.1) is 0 Å². The lowest BCUT2D eigenvalue weighted by atomic mass is 10.1. The van der Waals surface area contributed by atoms with Crippen LogP contribution in [0.5, 0.6) is 11.5 Å². The van der Waals surface area contributed by atoms with Crippen LogP contribution in [-0.4, -0.2) is 49.7 Å². The number of carbonyl (C=O) groups is 2. The zero-order valence-corrected chi connectivity index (χ0v) is 16.5. The van der Waals surface area contributed by atoms with Crippen molar-refractivity contribution in [3.8, 4) is 11.5 Å². The van der Waals surface area contributed by atoms with E-state index in [2.05, 4.69) is 5.32 Å². The van der Waals surface area contributed by atoms with Crippen LogP contribution in [0.2, 0.25) is 0 Å². The first-order valence-electron chi connectivity index (χ1n) is 8.62. The van der Waals surface area contributed by atoms with Crippen molar-refractivity contribution in [1.82, 2.24) is 5.32 Å². The van der Waals surface area contributed by atoms with Crippen LogP contribution in [0.1, 0.15) is 39.2 Å². The van der Waals surface area contributed by atoms with E-state index in [0.717, 1.165) is 0 Å². The van der Waals surface area contributed by atoms with Crippen molar-refractivity contribution in [2.24, 2.45) is 0 Å². The van der Waals surface area contributed by atoms with Gasteiger partial charge in [0, 0.05) is 11.7 Å². The number of hydrogen-bond donors (Lipinski definition) is 1. The molecule has 27 heavy (non-hydrogen) atoms. The lowest BCUT2D eigenvalue weighted by Gasteiger charge is -2.22. The van der Waals surface area contributed by atoms with Gasteiger partial charge in [-0.3, -0.25) is 0 Å². The average molecular weight is 397 g/mol. The molecule has 8 nitrogen and oxygen atoms in total. The molecule has 1 aliphatic heterocycles. The van der Waals surface area contributed by atoms with E-state index in [9.17, 15) is 18.0 Å². The van der Waals surface area contributed by atoms with Gasteiger partial charge in [0.2, 0.25) is 6.79 Å². The minimum Gasteiger partial charge on any atom is -0.454 e. The van der Waals surface area contributed by atoms with Crippen LogP contribution in [0.3, 0.4) is 0 Å². The fourth-order valence-corrected chi connectivity index (χ4v) is 5.35. The molecule has 0 saturated heterocycles. The van der Waals surface area contributed by atoms with Gasteiger partial charge in [0.1, 0.15) is 22.7 Å². The number of hydrogen-bond acceptors (Lipinski definition) is 7. The highest BCUT2D eigenvalue weighted by atomic mass is 32.2. The molecule has 1 N–H and O–H groups in total. The molecule has 9 heteroatoms. The first-order chi connectivity index (χ1) is 12.5. The minimum atomic E-state index is -3.62. The largest absolute Gasteiger partial charge is 0.454 e. The summed E-state index contributed by atoms with van der Waals surface area (Å²) in [5.41, 5.74) is -1.79. The van der Waals surface area contributed by atoms with E-state index in [-0.39, 0.29) is 12.5 Å². The molecule has 1 aliphatic carbocycles.